The standard InChI is InChI=1S/C12H17N3O2/c1-8(9-2-4-13-6-9)15-12(17)10-3-5-14-7-11(10)16/h3,5,7-9,13,16H,2,4,6H2,1H3,(H,15,17). The van der Waals surface area contributed by atoms with E-state index in [0.29, 0.717) is 5.92 Å². The average Bonchev–Trinajstić information content (AvgIpc) is 2.82. The van der Waals surface area contributed by atoms with Gasteiger partial charge in [0.25, 0.3) is 5.91 Å². The number of hydrogen-bond donors (Lipinski definition) is 3. The molecule has 17 heavy (non-hydrogen) atoms. The molecule has 0 aliphatic carbocycles. The first-order valence-electron chi connectivity index (χ1n) is 5.83. The first-order valence-corrected chi connectivity index (χ1v) is 5.83. The Kier molecular flexibility index (Phi) is 3.58. The van der Waals surface area contributed by atoms with E-state index in [4.69, 9.17) is 0 Å². The SMILES string of the molecule is CC(NC(=O)c1ccncc1O)C1CCNC1. The smallest absolute Gasteiger partial charge is 0.255 e. The number of carbonyl (C=O) groups excluding carboxylic acids is 1. The van der Waals surface area contributed by atoms with E-state index in [9.17, 15) is 9.90 Å². The fourth-order valence-electron chi connectivity index (χ4n) is 2.08. The number of carbonyl (C=O) groups is 1. The Morgan fingerprint density at radius 1 is 1.71 bits per heavy atom. The van der Waals surface area contributed by atoms with E-state index in [0.717, 1.165) is 19.5 Å². The first kappa shape index (κ1) is 11.9. The minimum atomic E-state index is -0.246. The molecule has 5 heteroatoms. The molecule has 0 saturated carbocycles. The van der Waals surface area contributed by atoms with Gasteiger partial charge in [-0.25, -0.2) is 0 Å². The van der Waals surface area contributed by atoms with Crippen molar-refractivity contribution < 1.29 is 9.90 Å². The summed E-state index contributed by atoms with van der Waals surface area (Å²) in [5.74, 6) is 0.133. The number of hydrogen-bond acceptors (Lipinski definition) is 4. The molecule has 2 rings (SSSR count). The summed E-state index contributed by atoms with van der Waals surface area (Å²) in [7, 11) is 0. The van der Waals surface area contributed by atoms with Crippen molar-refractivity contribution in [2.45, 2.75) is 19.4 Å². The van der Waals surface area contributed by atoms with Gasteiger partial charge in [0.1, 0.15) is 5.75 Å². The number of amides is 1. The van der Waals surface area contributed by atoms with Gasteiger partial charge in [-0.1, -0.05) is 0 Å². The van der Waals surface area contributed by atoms with Gasteiger partial charge in [0.05, 0.1) is 11.8 Å². The maximum atomic E-state index is 11.9. The highest BCUT2D eigenvalue weighted by atomic mass is 16.3. The molecule has 1 aliphatic rings. The van der Waals surface area contributed by atoms with Gasteiger partial charge in [-0.05, 0) is 38.4 Å². The number of aromatic hydroxyl groups is 1. The number of nitrogens with zero attached hydrogens (tertiary/aromatic N) is 1. The summed E-state index contributed by atoms with van der Waals surface area (Å²) in [6.45, 7) is 3.93. The highest BCUT2D eigenvalue weighted by molar-refractivity contribution is 5.96. The average molecular weight is 235 g/mol. The summed E-state index contributed by atoms with van der Waals surface area (Å²) in [5.41, 5.74) is 0.276. The predicted molar refractivity (Wildman–Crippen MR) is 63.8 cm³/mol. The minimum absolute atomic E-state index is 0.0817. The minimum Gasteiger partial charge on any atom is -0.505 e. The van der Waals surface area contributed by atoms with Crippen LogP contribution >= 0.6 is 0 Å². The van der Waals surface area contributed by atoms with Crippen molar-refractivity contribution in [3.8, 4) is 5.75 Å². The van der Waals surface area contributed by atoms with Crippen LogP contribution in [0.1, 0.15) is 23.7 Å². The lowest BCUT2D eigenvalue weighted by Gasteiger charge is -2.19. The van der Waals surface area contributed by atoms with Gasteiger partial charge in [0.15, 0.2) is 0 Å². The first-order chi connectivity index (χ1) is 8.18. The maximum absolute atomic E-state index is 11.9. The summed E-state index contributed by atoms with van der Waals surface area (Å²) in [4.78, 5) is 15.7. The van der Waals surface area contributed by atoms with Crippen molar-refractivity contribution in [1.82, 2.24) is 15.6 Å². The lowest BCUT2D eigenvalue weighted by atomic mass is 10.0. The molecule has 0 bridgehead atoms. The van der Waals surface area contributed by atoms with Gasteiger partial charge >= 0.3 is 0 Å². The van der Waals surface area contributed by atoms with E-state index < -0.39 is 0 Å². The Hall–Kier alpha value is -1.62. The third-order valence-corrected chi connectivity index (χ3v) is 3.21. The zero-order valence-corrected chi connectivity index (χ0v) is 9.81. The Balaban J connectivity index is 1.99. The van der Waals surface area contributed by atoms with Crippen LogP contribution in [-0.4, -0.2) is 35.1 Å². The van der Waals surface area contributed by atoms with E-state index in [1.807, 2.05) is 6.92 Å². The van der Waals surface area contributed by atoms with E-state index in [2.05, 4.69) is 15.6 Å². The topological polar surface area (TPSA) is 74.2 Å². The molecule has 1 aliphatic heterocycles. The highest BCUT2D eigenvalue weighted by Crippen LogP contribution is 2.16. The molecular formula is C12H17N3O2. The molecule has 1 saturated heterocycles. The van der Waals surface area contributed by atoms with Crippen LogP contribution in [-0.2, 0) is 0 Å². The molecule has 1 fully saturated rings. The van der Waals surface area contributed by atoms with Gasteiger partial charge < -0.3 is 15.7 Å². The van der Waals surface area contributed by atoms with Crippen molar-refractivity contribution in [1.29, 1.82) is 0 Å². The summed E-state index contributed by atoms with van der Waals surface area (Å²) in [5, 5.41) is 15.7. The molecule has 5 nitrogen and oxygen atoms in total. The quantitative estimate of drug-likeness (QED) is 0.714. The van der Waals surface area contributed by atoms with Gasteiger partial charge in [0.2, 0.25) is 0 Å². The lowest BCUT2D eigenvalue weighted by molar-refractivity contribution is 0.0926. The molecule has 2 atom stereocenters. The van der Waals surface area contributed by atoms with Crippen LogP contribution in [0.4, 0.5) is 0 Å². The molecule has 0 aromatic carbocycles. The van der Waals surface area contributed by atoms with Gasteiger partial charge in [-0.3, -0.25) is 9.78 Å². The Labute approximate surface area is 100 Å². The molecule has 0 spiro atoms. The summed E-state index contributed by atoms with van der Waals surface area (Å²) in [6.07, 6.45) is 3.84. The number of aromatic nitrogens is 1. The molecule has 3 N–H and O–H groups in total. The summed E-state index contributed by atoms with van der Waals surface area (Å²) < 4.78 is 0. The lowest BCUT2D eigenvalue weighted by Crippen LogP contribution is -2.38. The maximum Gasteiger partial charge on any atom is 0.255 e. The van der Waals surface area contributed by atoms with Crippen molar-refractivity contribution in [2.24, 2.45) is 5.92 Å². The number of rotatable bonds is 3. The molecular weight excluding hydrogens is 218 g/mol. The van der Waals surface area contributed by atoms with Crippen LogP contribution in [0.3, 0.4) is 0 Å². The van der Waals surface area contributed by atoms with Crippen LogP contribution < -0.4 is 10.6 Å². The van der Waals surface area contributed by atoms with Crippen molar-refractivity contribution >= 4 is 5.91 Å². The Morgan fingerprint density at radius 3 is 3.18 bits per heavy atom. The van der Waals surface area contributed by atoms with Crippen LogP contribution in [0, 0.1) is 5.92 Å². The van der Waals surface area contributed by atoms with Crippen molar-refractivity contribution in [3.63, 3.8) is 0 Å². The third kappa shape index (κ3) is 2.74. The Bertz CT molecular complexity index is 402. The van der Waals surface area contributed by atoms with Crippen LogP contribution in [0.2, 0.25) is 0 Å². The second-order valence-electron chi connectivity index (χ2n) is 4.41. The fraction of sp³-hybridized carbons (Fsp3) is 0.500. The van der Waals surface area contributed by atoms with Gasteiger partial charge in [-0.2, -0.15) is 0 Å². The van der Waals surface area contributed by atoms with E-state index in [1.54, 1.807) is 0 Å². The van der Waals surface area contributed by atoms with E-state index in [-0.39, 0.29) is 23.3 Å². The van der Waals surface area contributed by atoms with E-state index >= 15 is 0 Å². The van der Waals surface area contributed by atoms with Crippen molar-refractivity contribution in [2.75, 3.05) is 13.1 Å². The zero-order valence-electron chi connectivity index (χ0n) is 9.81. The molecule has 2 heterocycles. The summed E-state index contributed by atoms with van der Waals surface area (Å²) in [6, 6.07) is 1.62. The molecule has 1 amide bonds. The monoisotopic (exact) mass is 235 g/mol. The van der Waals surface area contributed by atoms with Crippen LogP contribution in [0.15, 0.2) is 18.5 Å². The van der Waals surface area contributed by atoms with Gasteiger partial charge in [-0.15, -0.1) is 0 Å². The molecule has 92 valence electrons. The molecule has 1 aromatic heterocycles. The third-order valence-electron chi connectivity index (χ3n) is 3.21. The highest BCUT2D eigenvalue weighted by Gasteiger charge is 2.23. The number of nitrogens with one attached hydrogen (secondary N) is 2. The largest absolute Gasteiger partial charge is 0.505 e. The number of pyridine rings is 1. The molecule has 0 radical (unpaired) electrons. The fourth-order valence-corrected chi connectivity index (χ4v) is 2.08. The van der Waals surface area contributed by atoms with Gasteiger partial charge in [0, 0.05) is 12.2 Å². The second-order valence-corrected chi connectivity index (χ2v) is 4.41. The van der Waals surface area contributed by atoms with E-state index in [1.165, 1.54) is 18.5 Å². The summed E-state index contributed by atoms with van der Waals surface area (Å²) >= 11 is 0. The predicted octanol–water partition coefficient (Wildman–Crippen LogP) is 0.515. The second kappa shape index (κ2) is 5.14. The molecule has 2 unspecified atom stereocenters. The van der Waals surface area contributed by atoms with Crippen LogP contribution in [0.25, 0.3) is 0 Å². The van der Waals surface area contributed by atoms with Crippen LogP contribution in [0.5, 0.6) is 5.75 Å². The molecule has 1 aromatic rings. The Morgan fingerprint density at radius 2 is 2.53 bits per heavy atom. The van der Waals surface area contributed by atoms with Crippen molar-refractivity contribution in [3.05, 3.63) is 24.0 Å². The normalized spacial score (nSPS) is 21.1. The zero-order chi connectivity index (χ0) is 12.3.